The molecule has 0 saturated heterocycles. The predicted octanol–water partition coefficient (Wildman–Crippen LogP) is 2.64. The summed E-state index contributed by atoms with van der Waals surface area (Å²) in [5, 5.41) is 11.8. The molecule has 0 amide bonds. The highest BCUT2D eigenvalue weighted by Crippen LogP contribution is 2.21. The van der Waals surface area contributed by atoms with Crippen LogP contribution in [0.1, 0.15) is 25.0 Å². The van der Waals surface area contributed by atoms with E-state index >= 15 is 0 Å². The molecule has 0 bridgehead atoms. The van der Waals surface area contributed by atoms with Gasteiger partial charge in [-0.05, 0) is 29.7 Å². The number of nitrogens with zero attached hydrogens (tertiary/aromatic N) is 1. The number of sulfonamides is 1. The van der Waals surface area contributed by atoms with Crippen molar-refractivity contribution in [3.05, 3.63) is 65.7 Å². The molecule has 6 nitrogen and oxygen atoms in total. The SMILES string of the molecule is CN=C(NCCc1ccc(S(N)(=O)=O)cc1)NCC(C)(C)c1ccccc1.I. The fraction of sp³-hybridized carbons (Fsp3) is 0.350. The molecule has 0 unspecified atom stereocenters. The second-order valence-electron chi connectivity index (χ2n) is 7.04. The lowest BCUT2D eigenvalue weighted by Gasteiger charge is -2.26. The van der Waals surface area contributed by atoms with Crippen LogP contribution in [-0.2, 0) is 21.9 Å². The van der Waals surface area contributed by atoms with Crippen LogP contribution in [0, 0.1) is 0 Å². The molecular weight excluding hydrogens is 487 g/mol. The van der Waals surface area contributed by atoms with Crippen LogP contribution in [0.4, 0.5) is 0 Å². The largest absolute Gasteiger partial charge is 0.356 e. The Bertz CT molecular complexity index is 867. The van der Waals surface area contributed by atoms with E-state index in [0.717, 1.165) is 24.5 Å². The van der Waals surface area contributed by atoms with Crippen molar-refractivity contribution in [3.8, 4) is 0 Å². The van der Waals surface area contributed by atoms with Crippen LogP contribution in [0.5, 0.6) is 0 Å². The quantitative estimate of drug-likeness (QED) is 0.300. The topological polar surface area (TPSA) is 96.6 Å². The van der Waals surface area contributed by atoms with Gasteiger partial charge in [0, 0.05) is 25.6 Å². The molecule has 2 rings (SSSR count). The minimum absolute atomic E-state index is 0. The zero-order valence-electron chi connectivity index (χ0n) is 16.5. The number of aliphatic imine (C=N–C) groups is 1. The maximum absolute atomic E-state index is 11.3. The average molecular weight is 516 g/mol. The highest BCUT2D eigenvalue weighted by molar-refractivity contribution is 14.0. The van der Waals surface area contributed by atoms with Crippen LogP contribution in [0.15, 0.2) is 64.5 Å². The molecular formula is C20H29IN4O2S. The highest BCUT2D eigenvalue weighted by Gasteiger charge is 2.20. The summed E-state index contributed by atoms with van der Waals surface area (Å²) >= 11 is 0. The summed E-state index contributed by atoms with van der Waals surface area (Å²) in [5.74, 6) is 0.736. The third-order valence-corrected chi connectivity index (χ3v) is 5.36. The number of nitrogens with two attached hydrogens (primary N) is 1. The first-order valence-electron chi connectivity index (χ1n) is 8.84. The highest BCUT2D eigenvalue weighted by atomic mass is 127. The van der Waals surface area contributed by atoms with Gasteiger partial charge in [0.2, 0.25) is 10.0 Å². The molecule has 8 heteroatoms. The average Bonchev–Trinajstić information content (AvgIpc) is 2.65. The number of benzene rings is 2. The molecule has 0 aliphatic carbocycles. The van der Waals surface area contributed by atoms with E-state index in [2.05, 4.69) is 41.6 Å². The molecule has 0 aliphatic heterocycles. The normalized spacial score (nSPS) is 12.2. The summed E-state index contributed by atoms with van der Waals surface area (Å²) < 4.78 is 22.6. The van der Waals surface area contributed by atoms with Crippen molar-refractivity contribution in [2.75, 3.05) is 20.1 Å². The smallest absolute Gasteiger partial charge is 0.238 e. The molecule has 0 atom stereocenters. The molecule has 2 aromatic rings. The minimum atomic E-state index is -3.65. The summed E-state index contributed by atoms with van der Waals surface area (Å²) in [6.07, 6.45) is 0.744. The first-order valence-corrected chi connectivity index (χ1v) is 10.4. The van der Waals surface area contributed by atoms with Crippen molar-refractivity contribution in [2.45, 2.75) is 30.6 Å². The van der Waals surface area contributed by atoms with E-state index in [9.17, 15) is 8.42 Å². The number of halogens is 1. The van der Waals surface area contributed by atoms with E-state index in [0.29, 0.717) is 6.54 Å². The van der Waals surface area contributed by atoms with E-state index in [1.54, 1.807) is 19.2 Å². The van der Waals surface area contributed by atoms with Gasteiger partial charge in [-0.3, -0.25) is 4.99 Å². The van der Waals surface area contributed by atoms with E-state index in [4.69, 9.17) is 5.14 Å². The lowest BCUT2D eigenvalue weighted by Crippen LogP contribution is -2.44. The number of rotatable bonds is 7. The molecule has 0 radical (unpaired) electrons. The zero-order chi connectivity index (χ0) is 19.9. The van der Waals surface area contributed by atoms with Crippen LogP contribution in [0.2, 0.25) is 0 Å². The predicted molar refractivity (Wildman–Crippen MR) is 126 cm³/mol. The Labute approximate surface area is 185 Å². The van der Waals surface area contributed by atoms with Crippen molar-refractivity contribution in [3.63, 3.8) is 0 Å². The maximum Gasteiger partial charge on any atom is 0.238 e. The fourth-order valence-corrected chi connectivity index (χ4v) is 3.20. The van der Waals surface area contributed by atoms with Crippen molar-refractivity contribution >= 4 is 40.0 Å². The van der Waals surface area contributed by atoms with Crippen LogP contribution in [-0.4, -0.2) is 34.5 Å². The van der Waals surface area contributed by atoms with Gasteiger partial charge in [-0.15, -0.1) is 24.0 Å². The van der Waals surface area contributed by atoms with Gasteiger partial charge in [0.25, 0.3) is 0 Å². The lowest BCUT2D eigenvalue weighted by molar-refractivity contribution is 0.508. The molecule has 2 aromatic carbocycles. The summed E-state index contributed by atoms with van der Waals surface area (Å²) in [5.41, 5.74) is 2.26. The third kappa shape index (κ3) is 7.40. The van der Waals surface area contributed by atoms with E-state index < -0.39 is 10.0 Å². The van der Waals surface area contributed by atoms with Gasteiger partial charge in [-0.1, -0.05) is 56.3 Å². The summed E-state index contributed by atoms with van der Waals surface area (Å²) in [7, 11) is -1.90. The first-order chi connectivity index (χ1) is 12.7. The Kier molecular flexibility index (Phi) is 9.38. The lowest BCUT2D eigenvalue weighted by atomic mass is 9.85. The standard InChI is InChI=1S/C20H28N4O2S.HI/c1-20(2,17-7-5-4-6-8-17)15-24-19(22-3)23-14-13-16-9-11-18(12-10-16)27(21,25)26;/h4-12H,13-15H2,1-3H3,(H2,21,25,26)(H2,22,23,24);1H. The van der Waals surface area contributed by atoms with Crippen LogP contribution in [0.3, 0.4) is 0 Å². The van der Waals surface area contributed by atoms with Gasteiger partial charge in [0.05, 0.1) is 4.90 Å². The van der Waals surface area contributed by atoms with Gasteiger partial charge in [0.15, 0.2) is 5.96 Å². The molecule has 0 fully saturated rings. The van der Waals surface area contributed by atoms with Crippen molar-refractivity contribution in [2.24, 2.45) is 10.1 Å². The van der Waals surface area contributed by atoms with Crippen LogP contribution < -0.4 is 15.8 Å². The zero-order valence-corrected chi connectivity index (χ0v) is 19.6. The van der Waals surface area contributed by atoms with Gasteiger partial charge in [-0.2, -0.15) is 0 Å². The summed E-state index contributed by atoms with van der Waals surface area (Å²) in [6.45, 7) is 5.81. The number of hydrogen-bond acceptors (Lipinski definition) is 3. The second-order valence-corrected chi connectivity index (χ2v) is 8.60. The van der Waals surface area contributed by atoms with E-state index in [-0.39, 0.29) is 34.3 Å². The Morgan fingerprint density at radius 3 is 2.18 bits per heavy atom. The molecule has 0 aromatic heterocycles. The maximum atomic E-state index is 11.3. The monoisotopic (exact) mass is 516 g/mol. The molecule has 0 aliphatic rings. The van der Waals surface area contributed by atoms with Crippen molar-refractivity contribution in [1.82, 2.24) is 10.6 Å². The molecule has 0 heterocycles. The Hall–Kier alpha value is -1.65. The molecule has 4 N–H and O–H groups in total. The molecule has 154 valence electrons. The van der Waals surface area contributed by atoms with Crippen molar-refractivity contribution < 1.29 is 8.42 Å². The minimum Gasteiger partial charge on any atom is -0.356 e. The Balaban J connectivity index is 0.00000392. The van der Waals surface area contributed by atoms with Crippen molar-refractivity contribution in [1.29, 1.82) is 0 Å². The molecule has 0 spiro atoms. The number of hydrogen-bond donors (Lipinski definition) is 3. The van der Waals surface area contributed by atoms with Crippen LogP contribution >= 0.6 is 24.0 Å². The number of primary sulfonamides is 1. The third-order valence-electron chi connectivity index (χ3n) is 4.43. The summed E-state index contributed by atoms with van der Waals surface area (Å²) in [4.78, 5) is 4.39. The second kappa shape index (κ2) is 10.8. The fourth-order valence-electron chi connectivity index (χ4n) is 2.69. The van der Waals surface area contributed by atoms with Gasteiger partial charge in [-0.25, -0.2) is 13.6 Å². The van der Waals surface area contributed by atoms with Gasteiger partial charge < -0.3 is 10.6 Å². The number of guanidine groups is 1. The van der Waals surface area contributed by atoms with E-state index in [1.165, 1.54) is 17.7 Å². The van der Waals surface area contributed by atoms with Crippen LogP contribution in [0.25, 0.3) is 0 Å². The van der Waals surface area contributed by atoms with Gasteiger partial charge >= 0.3 is 0 Å². The summed E-state index contributed by atoms with van der Waals surface area (Å²) in [6, 6.07) is 17.0. The van der Waals surface area contributed by atoms with E-state index in [1.807, 2.05) is 18.2 Å². The Morgan fingerprint density at radius 1 is 1.04 bits per heavy atom. The van der Waals surface area contributed by atoms with Gasteiger partial charge in [0.1, 0.15) is 0 Å². The number of nitrogens with one attached hydrogen (secondary N) is 2. The first kappa shape index (κ1) is 24.4. The molecule has 28 heavy (non-hydrogen) atoms. The Morgan fingerprint density at radius 2 is 1.64 bits per heavy atom. The molecule has 0 saturated carbocycles.